The van der Waals surface area contributed by atoms with Gasteiger partial charge in [-0.1, -0.05) is 11.3 Å². The number of ether oxygens (including phenoxy) is 1. The van der Waals surface area contributed by atoms with Gasteiger partial charge >= 0.3 is 0 Å². The standard InChI is InChI=1S/C10H12N4O/c1-7-3-4-9(5-8(7)2)15-6-10-11-13-14-12-10/h3-5H,6H2,1-2H3,(H,11,12,13,14). The van der Waals surface area contributed by atoms with Crippen LogP contribution in [0.3, 0.4) is 0 Å². The van der Waals surface area contributed by atoms with E-state index in [9.17, 15) is 0 Å². The first-order chi connectivity index (χ1) is 7.25. The van der Waals surface area contributed by atoms with E-state index >= 15 is 0 Å². The van der Waals surface area contributed by atoms with Crippen molar-refractivity contribution >= 4 is 0 Å². The normalized spacial score (nSPS) is 10.3. The zero-order valence-corrected chi connectivity index (χ0v) is 8.69. The number of rotatable bonds is 3. The molecular formula is C10H12N4O. The average Bonchev–Trinajstić information content (AvgIpc) is 2.73. The number of aryl methyl sites for hydroxylation is 2. The van der Waals surface area contributed by atoms with Gasteiger partial charge in [-0.15, -0.1) is 10.2 Å². The number of aromatic amines is 1. The van der Waals surface area contributed by atoms with Crippen LogP contribution in [0.1, 0.15) is 17.0 Å². The van der Waals surface area contributed by atoms with E-state index in [0.29, 0.717) is 12.4 Å². The van der Waals surface area contributed by atoms with Gasteiger partial charge in [-0.3, -0.25) is 0 Å². The first-order valence-corrected chi connectivity index (χ1v) is 4.68. The number of H-pyrrole nitrogens is 1. The van der Waals surface area contributed by atoms with E-state index in [1.165, 1.54) is 11.1 Å². The fourth-order valence-corrected chi connectivity index (χ4v) is 1.20. The van der Waals surface area contributed by atoms with Crippen LogP contribution in [0.25, 0.3) is 0 Å². The van der Waals surface area contributed by atoms with Crippen molar-refractivity contribution in [3.8, 4) is 5.75 Å². The Morgan fingerprint density at radius 2 is 2.13 bits per heavy atom. The zero-order valence-electron chi connectivity index (χ0n) is 8.69. The van der Waals surface area contributed by atoms with Crippen molar-refractivity contribution in [2.45, 2.75) is 20.5 Å². The van der Waals surface area contributed by atoms with E-state index in [1.54, 1.807) is 0 Å². The van der Waals surface area contributed by atoms with Gasteiger partial charge in [0.25, 0.3) is 0 Å². The number of aromatic nitrogens is 4. The van der Waals surface area contributed by atoms with Crippen molar-refractivity contribution < 1.29 is 4.74 Å². The number of nitrogens with one attached hydrogen (secondary N) is 1. The second-order valence-corrected chi connectivity index (χ2v) is 3.36. The highest BCUT2D eigenvalue weighted by atomic mass is 16.5. The summed E-state index contributed by atoms with van der Waals surface area (Å²) in [7, 11) is 0. The summed E-state index contributed by atoms with van der Waals surface area (Å²) in [6, 6.07) is 5.96. The van der Waals surface area contributed by atoms with Crippen molar-refractivity contribution in [2.75, 3.05) is 0 Å². The lowest BCUT2D eigenvalue weighted by Gasteiger charge is -2.05. The van der Waals surface area contributed by atoms with Crippen molar-refractivity contribution in [1.82, 2.24) is 20.6 Å². The second kappa shape index (κ2) is 4.08. The van der Waals surface area contributed by atoms with Gasteiger partial charge in [0.15, 0.2) is 6.61 Å². The summed E-state index contributed by atoms with van der Waals surface area (Å²) >= 11 is 0. The smallest absolute Gasteiger partial charge is 0.211 e. The molecule has 0 unspecified atom stereocenters. The molecule has 1 N–H and O–H groups in total. The van der Waals surface area contributed by atoms with Gasteiger partial charge in [-0.05, 0) is 37.1 Å². The van der Waals surface area contributed by atoms with Gasteiger partial charge in [0.1, 0.15) is 5.75 Å². The van der Waals surface area contributed by atoms with E-state index in [4.69, 9.17) is 4.74 Å². The topological polar surface area (TPSA) is 63.7 Å². The fourth-order valence-electron chi connectivity index (χ4n) is 1.20. The highest BCUT2D eigenvalue weighted by Gasteiger charge is 2.00. The molecule has 0 fully saturated rings. The van der Waals surface area contributed by atoms with Crippen LogP contribution in [0.4, 0.5) is 0 Å². The Labute approximate surface area is 87.5 Å². The molecule has 1 heterocycles. The molecule has 0 bridgehead atoms. The Bertz CT molecular complexity index is 439. The molecule has 15 heavy (non-hydrogen) atoms. The van der Waals surface area contributed by atoms with Crippen molar-refractivity contribution in [1.29, 1.82) is 0 Å². The third-order valence-electron chi connectivity index (χ3n) is 2.24. The maximum Gasteiger partial charge on any atom is 0.211 e. The van der Waals surface area contributed by atoms with E-state index in [1.807, 2.05) is 18.2 Å². The first-order valence-electron chi connectivity index (χ1n) is 4.68. The Hall–Kier alpha value is -1.91. The molecule has 1 aromatic carbocycles. The van der Waals surface area contributed by atoms with Crippen LogP contribution in [0.2, 0.25) is 0 Å². The summed E-state index contributed by atoms with van der Waals surface area (Å²) in [5, 5.41) is 13.4. The monoisotopic (exact) mass is 204 g/mol. The Kier molecular flexibility index (Phi) is 2.62. The molecule has 0 amide bonds. The third-order valence-corrected chi connectivity index (χ3v) is 2.24. The summed E-state index contributed by atoms with van der Waals surface area (Å²) in [4.78, 5) is 0. The van der Waals surface area contributed by atoms with Gasteiger partial charge in [0, 0.05) is 0 Å². The molecule has 5 heteroatoms. The molecule has 0 aliphatic rings. The maximum absolute atomic E-state index is 5.50. The minimum Gasteiger partial charge on any atom is -0.485 e. The Balaban J connectivity index is 2.02. The summed E-state index contributed by atoms with van der Waals surface area (Å²) in [5.74, 6) is 1.37. The largest absolute Gasteiger partial charge is 0.485 e. The third kappa shape index (κ3) is 2.31. The number of tetrazole rings is 1. The van der Waals surface area contributed by atoms with Crippen LogP contribution in [0, 0.1) is 13.8 Å². The summed E-state index contributed by atoms with van der Waals surface area (Å²) in [5.41, 5.74) is 2.46. The van der Waals surface area contributed by atoms with Crippen LogP contribution in [0.5, 0.6) is 5.75 Å². The van der Waals surface area contributed by atoms with Gasteiger partial charge in [0.05, 0.1) is 0 Å². The van der Waals surface area contributed by atoms with Crippen LogP contribution in [0.15, 0.2) is 18.2 Å². The molecular weight excluding hydrogens is 192 g/mol. The maximum atomic E-state index is 5.50. The van der Waals surface area contributed by atoms with Crippen molar-refractivity contribution in [3.63, 3.8) is 0 Å². The lowest BCUT2D eigenvalue weighted by atomic mass is 10.1. The van der Waals surface area contributed by atoms with Crippen LogP contribution < -0.4 is 4.74 Å². The molecule has 1 aromatic heterocycles. The molecule has 0 aliphatic heterocycles. The summed E-state index contributed by atoms with van der Waals surface area (Å²) in [6.07, 6.45) is 0. The van der Waals surface area contributed by atoms with Gasteiger partial charge in [-0.2, -0.15) is 5.21 Å². The Morgan fingerprint density at radius 1 is 1.27 bits per heavy atom. The molecule has 0 atom stereocenters. The second-order valence-electron chi connectivity index (χ2n) is 3.36. The zero-order chi connectivity index (χ0) is 10.7. The van der Waals surface area contributed by atoms with Crippen molar-refractivity contribution in [2.24, 2.45) is 0 Å². The van der Waals surface area contributed by atoms with E-state index < -0.39 is 0 Å². The van der Waals surface area contributed by atoms with E-state index in [2.05, 4.69) is 34.5 Å². The van der Waals surface area contributed by atoms with Crippen molar-refractivity contribution in [3.05, 3.63) is 35.2 Å². The lowest BCUT2D eigenvalue weighted by Crippen LogP contribution is -1.98. The lowest BCUT2D eigenvalue weighted by molar-refractivity contribution is 0.295. The predicted octanol–water partition coefficient (Wildman–Crippen LogP) is 1.40. The van der Waals surface area contributed by atoms with Gasteiger partial charge in [0.2, 0.25) is 5.82 Å². The number of hydrogen-bond donors (Lipinski definition) is 1. The molecule has 2 rings (SSSR count). The fraction of sp³-hybridized carbons (Fsp3) is 0.300. The Morgan fingerprint density at radius 3 is 2.80 bits per heavy atom. The summed E-state index contributed by atoms with van der Waals surface area (Å²) < 4.78 is 5.50. The quantitative estimate of drug-likeness (QED) is 0.820. The van der Waals surface area contributed by atoms with Gasteiger partial charge < -0.3 is 4.74 Å². The number of nitrogens with zero attached hydrogens (tertiary/aromatic N) is 3. The highest BCUT2D eigenvalue weighted by molar-refractivity contribution is 5.33. The minimum atomic E-state index is 0.332. The van der Waals surface area contributed by atoms with Crippen LogP contribution in [-0.2, 0) is 6.61 Å². The molecule has 0 spiro atoms. The van der Waals surface area contributed by atoms with E-state index in [0.717, 1.165) is 5.75 Å². The highest BCUT2D eigenvalue weighted by Crippen LogP contribution is 2.16. The molecule has 0 aliphatic carbocycles. The summed E-state index contributed by atoms with van der Waals surface area (Å²) in [6.45, 7) is 4.45. The molecule has 0 saturated heterocycles. The average molecular weight is 204 g/mol. The van der Waals surface area contributed by atoms with Crippen LogP contribution >= 0.6 is 0 Å². The number of hydrogen-bond acceptors (Lipinski definition) is 4. The molecule has 0 radical (unpaired) electrons. The molecule has 2 aromatic rings. The first kappa shape index (κ1) is 9.64. The predicted molar refractivity (Wildman–Crippen MR) is 54.4 cm³/mol. The molecule has 5 nitrogen and oxygen atoms in total. The number of benzene rings is 1. The van der Waals surface area contributed by atoms with Crippen LogP contribution in [-0.4, -0.2) is 20.6 Å². The van der Waals surface area contributed by atoms with E-state index in [-0.39, 0.29) is 0 Å². The molecule has 0 saturated carbocycles. The minimum absolute atomic E-state index is 0.332. The van der Waals surface area contributed by atoms with Gasteiger partial charge in [-0.25, -0.2) is 0 Å². The SMILES string of the molecule is Cc1ccc(OCc2nn[nH]n2)cc1C. The molecule has 78 valence electrons.